The highest BCUT2D eigenvalue weighted by Gasteiger charge is 2.30. The van der Waals surface area contributed by atoms with E-state index in [-0.39, 0.29) is 0 Å². The second-order valence-corrected chi connectivity index (χ2v) is 8.74. The summed E-state index contributed by atoms with van der Waals surface area (Å²) in [6.07, 6.45) is 5.26. The lowest BCUT2D eigenvalue weighted by Gasteiger charge is -2.42. The van der Waals surface area contributed by atoms with Crippen LogP contribution in [0.3, 0.4) is 0 Å². The first-order valence-electron chi connectivity index (χ1n) is 10.7. The van der Waals surface area contributed by atoms with Gasteiger partial charge in [-0.2, -0.15) is 0 Å². The summed E-state index contributed by atoms with van der Waals surface area (Å²) >= 11 is 0. The Kier molecular flexibility index (Phi) is 5.38. The van der Waals surface area contributed by atoms with E-state index in [9.17, 15) is 0 Å². The van der Waals surface area contributed by atoms with Crippen LogP contribution in [0.2, 0.25) is 0 Å². The minimum atomic E-state index is 0.860. The quantitative estimate of drug-likeness (QED) is 0.766. The topological polar surface area (TPSA) is 58.5 Å². The van der Waals surface area contributed by atoms with E-state index < -0.39 is 0 Å². The number of hydrogen-bond donors (Lipinski definition) is 2. The van der Waals surface area contributed by atoms with E-state index in [4.69, 9.17) is 11.5 Å². The predicted molar refractivity (Wildman–Crippen MR) is 121 cm³/mol. The van der Waals surface area contributed by atoms with Crippen LogP contribution >= 0.6 is 0 Å². The maximum absolute atomic E-state index is 5.92. The van der Waals surface area contributed by atoms with E-state index >= 15 is 0 Å². The molecule has 2 heterocycles. The summed E-state index contributed by atoms with van der Waals surface area (Å²) in [6.45, 7) is 9.04. The van der Waals surface area contributed by atoms with Crippen molar-refractivity contribution in [1.29, 1.82) is 0 Å². The van der Waals surface area contributed by atoms with Crippen LogP contribution in [0.4, 0.5) is 22.7 Å². The number of hydrogen-bond acceptors (Lipinski definition) is 4. The molecule has 0 atom stereocenters. The lowest BCUT2D eigenvalue weighted by atomic mass is 9.78. The maximum Gasteiger partial charge on any atom is 0.0397 e. The van der Waals surface area contributed by atoms with E-state index in [1.807, 2.05) is 12.1 Å². The van der Waals surface area contributed by atoms with E-state index in [0.717, 1.165) is 23.2 Å². The van der Waals surface area contributed by atoms with Crippen molar-refractivity contribution in [2.24, 2.45) is 11.8 Å². The van der Waals surface area contributed by atoms with Crippen molar-refractivity contribution in [3.05, 3.63) is 47.5 Å². The van der Waals surface area contributed by atoms with Crippen molar-refractivity contribution in [3.63, 3.8) is 0 Å². The van der Waals surface area contributed by atoms with Crippen molar-refractivity contribution in [2.45, 2.75) is 39.5 Å². The Hall–Kier alpha value is -2.36. The molecule has 2 aliphatic heterocycles. The number of nitrogens with two attached hydrogens (primary N) is 2. The Balaban J connectivity index is 1.31. The summed E-state index contributed by atoms with van der Waals surface area (Å²) in [6, 6.07) is 12.6. The fourth-order valence-electron chi connectivity index (χ4n) is 5.29. The van der Waals surface area contributed by atoms with Crippen LogP contribution in [0.1, 0.15) is 36.8 Å². The molecule has 4 N–H and O–H groups in total. The van der Waals surface area contributed by atoms with Crippen LogP contribution < -0.4 is 21.3 Å². The largest absolute Gasteiger partial charge is 0.399 e. The standard InChI is InChI=1S/C24H34N4/c1-17-15-21(25)3-5-23(17)27-11-7-19(8-12-27)20-9-13-28(14-10-20)24-6-4-22(26)16-18(24)2/h3-6,15-16,19-20H,7-14,25-26H2,1-2H3. The van der Waals surface area contributed by atoms with Crippen LogP contribution in [0.5, 0.6) is 0 Å². The van der Waals surface area contributed by atoms with Crippen LogP contribution in [0, 0.1) is 25.7 Å². The van der Waals surface area contributed by atoms with Gasteiger partial charge in [-0.15, -0.1) is 0 Å². The van der Waals surface area contributed by atoms with Gasteiger partial charge in [0.25, 0.3) is 0 Å². The van der Waals surface area contributed by atoms with Gasteiger partial charge in [-0.25, -0.2) is 0 Å². The van der Waals surface area contributed by atoms with Gasteiger partial charge in [0.05, 0.1) is 0 Å². The first-order valence-corrected chi connectivity index (χ1v) is 10.7. The lowest BCUT2D eigenvalue weighted by molar-refractivity contribution is 0.233. The number of benzene rings is 2. The third kappa shape index (κ3) is 3.91. The van der Waals surface area contributed by atoms with Gasteiger partial charge >= 0.3 is 0 Å². The zero-order valence-electron chi connectivity index (χ0n) is 17.3. The molecular weight excluding hydrogens is 344 g/mol. The Morgan fingerprint density at radius 1 is 0.643 bits per heavy atom. The van der Waals surface area contributed by atoms with Crippen molar-refractivity contribution in [1.82, 2.24) is 0 Å². The number of rotatable bonds is 3. The van der Waals surface area contributed by atoms with Crippen LogP contribution in [0.25, 0.3) is 0 Å². The molecule has 4 heteroatoms. The van der Waals surface area contributed by atoms with E-state index in [2.05, 4.69) is 47.9 Å². The third-order valence-corrected chi connectivity index (χ3v) is 6.87. The SMILES string of the molecule is Cc1cc(N)ccc1N1CCC(C2CCN(c3ccc(N)cc3C)CC2)CC1. The Morgan fingerprint density at radius 3 is 1.32 bits per heavy atom. The number of anilines is 4. The summed E-state index contributed by atoms with van der Waals surface area (Å²) in [5.74, 6) is 1.75. The first kappa shape index (κ1) is 19.0. The molecule has 4 nitrogen and oxygen atoms in total. The van der Waals surface area contributed by atoms with Gasteiger partial charge in [0.1, 0.15) is 0 Å². The molecule has 0 spiro atoms. The number of nitrogens with zero attached hydrogens (tertiary/aromatic N) is 2. The second-order valence-electron chi connectivity index (χ2n) is 8.74. The van der Waals surface area contributed by atoms with Gasteiger partial charge < -0.3 is 21.3 Å². The smallest absolute Gasteiger partial charge is 0.0397 e. The molecule has 2 aromatic carbocycles. The van der Waals surface area contributed by atoms with Crippen LogP contribution in [0.15, 0.2) is 36.4 Å². The van der Waals surface area contributed by atoms with Crippen molar-refractivity contribution < 1.29 is 0 Å². The molecular formula is C24H34N4. The summed E-state index contributed by atoms with van der Waals surface area (Å²) in [5, 5.41) is 0. The highest BCUT2D eigenvalue weighted by molar-refractivity contribution is 5.60. The molecule has 4 rings (SSSR count). The lowest BCUT2D eigenvalue weighted by Crippen LogP contribution is -2.41. The number of aryl methyl sites for hydroxylation is 2. The van der Waals surface area contributed by atoms with Gasteiger partial charge in [-0.05, 0) is 98.9 Å². The third-order valence-electron chi connectivity index (χ3n) is 6.87. The minimum Gasteiger partial charge on any atom is -0.399 e. The molecule has 28 heavy (non-hydrogen) atoms. The average molecular weight is 379 g/mol. The molecule has 0 aromatic heterocycles. The van der Waals surface area contributed by atoms with Crippen molar-refractivity contribution >= 4 is 22.7 Å². The molecule has 0 amide bonds. The fraction of sp³-hybridized carbons (Fsp3) is 0.500. The van der Waals surface area contributed by atoms with Gasteiger partial charge in [0.2, 0.25) is 0 Å². The van der Waals surface area contributed by atoms with Gasteiger partial charge in [-0.3, -0.25) is 0 Å². The van der Waals surface area contributed by atoms with Crippen molar-refractivity contribution in [2.75, 3.05) is 47.4 Å². The molecule has 2 aromatic rings. The minimum absolute atomic E-state index is 0.860. The molecule has 2 fully saturated rings. The summed E-state index contributed by atoms with van der Waals surface area (Å²) in [5.41, 5.74) is 18.9. The predicted octanol–water partition coefficient (Wildman–Crippen LogP) is 4.60. The summed E-state index contributed by atoms with van der Waals surface area (Å²) in [4.78, 5) is 5.11. The Bertz CT molecular complexity index is 746. The highest BCUT2D eigenvalue weighted by atomic mass is 15.1. The average Bonchev–Trinajstić information content (AvgIpc) is 2.69. The zero-order valence-corrected chi connectivity index (χ0v) is 17.3. The maximum atomic E-state index is 5.92. The summed E-state index contributed by atoms with van der Waals surface area (Å²) < 4.78 is 0. The zero-order chi connectivity index (χ0) is 19.7. The molecule has 0 radical (unpaired) electrons. The van der Waals surface area contributed by atoms with E-state index in [0.29, 0.717) is 0 Å². The van der Waals surface area contributed by atoms with E-state index in [1.165, 1.54) is 74.4 Å². The molecule has 150 valence electrons. The van der Waals surface area contributed by atoms with Gasteiger partial charge in [-0.1, -0.05) is 0 Å². The van der Waals surface area contributed by atoms with Crippen LogP contribution in [-0.2, 0) is 0 Å². The monoisotopic (exact) mass is 378 g/mol. The van der Waals surface area contributed by atoms with Crippen molar-refractivity contribution in [3.8, 4) is 0 Å². The first-order chi connectivity index (χ1) is 13.5. The van der Waals surface area contributed by atoms with Crippen LogP contribution in [-0.4, -0.2) is 26.2 Å². The normalized spacial score (nSPS) is 19.2. The fourth-order valence-corrected chi connectivity index (χ4v) is 5.29. The summed E-state index contributed by atoms with van der Waals surface area (Å²) in [7, 11) is 0. The molecule has 0 aliphatic carbocycles. The van der Waals surface area contributed by atoms with Gasteiger partial charge in [0.15, 0.2) is 0 Å². The number of piperidine rings is 2. The molecule has 0 bridgehead atoms. The molecule has 2 saturated heterocycles. The van der Waals surface area contributed by atoms with E-state index in [1.54, 1.807) is 0 Å². The molecule has 0 unspecified atom stereocenters. The second kappa shape index (κ2) is 7.94. The Labute approximate surface area is 169 Å². The van der Waals surface area contributed by atoms with Gasteiger partial charge in [0, 0.05) is 48.9 Å². The number of nitrogen functional groups attached to an aromatic ring is 2. The highest BCUT2D eigenvalue weighted by Crippen LogP contribution is 2.36. The Morgan fingerprint density at radius 2 is 1.00 bits per heavy atom. The molecule has 2 aliphatic rings. The molecule has 0 saturated carbocycles.